The minimum absolute atomic E-state index is 0.00348. The van der Waals surface area contributed by atoms with E-state index in [1.807, 2.05) is 38.2 Å². The second-order valence-corrected chi connectivity index (χ2v) is 5.74. The summed E-state index contributed by atoms with van der Waals surface area (Å²) < 4.78 is 5.41. The van der Waals surface area contributed by atoms with Crippen molar-refractivity contribution in [1.82, 2.24) is 0 Å². The van der Waals surface area contributed by atoms with Crippen LogP contribution < -0.4 is 15.0 Å². The van der Waals surface area contributed by atoms with Crippen molar-refractivity contribution in [2.45, 2.75) is 13.5 Å². The van der Waals surface area contributed by atoms with Crippen molar-refractivity contribution in [2.75, 3.05) is 25.5 Å². The van der Waals surface area contributed by atoms with E-state index in [2.05, 4.69) is 5.32 Å². The van der Waals surface area contributed by atoms with Gasteiger partial charge in [-0.3, -0.25) is 14.9 Å². The number of likely N-dealkylation sites (N-methyl/N-ethyl adjacent to an activating group) is 1. The lowest BCUT2D eigenvalue weighted by Crippen LogP contribution is -3.08. The highest BCUT2D eigenvalue weighted by molar-refractivity contribution is 5.91. The summed E-state index contributed by atoms with van der Waals surface area (Å²) in [6, 6.07) is 13.6. The van der Waals surface area contributed by atoms with E-state index in [0.717, 1.165) is 16.2 Å². The van der Waals surface area contributed by atoms with Crippen LogP contribution in [0.4, 0.5) is 11.4 Å². The second-order valence-electron chi connectivity index (χ2n) is 5.74. The number of quaternary nitrogens is 1. The number of nitro groups is 1. The van der Waals surface area contributed by atoms with Gasteiger partial charge in [0.25, 0.3) is 11.6 Å². The third-order valence-corrected chi connectivity index (χ3v) is 3.56. The van der Waals surface area contributed by atoms with Gasteiger partial charge in [-0.05, 0) is 43.3 Å². The first kappa shape index (κ1) is 18.4. The molecule has 1 amide bonds. The van der Waals surface area contributed by atoms with E-state index in [0.29, 0.717) is 25.4 Å². The lowest BCUT2D eigenvalue weighted by molar-refractivity contribution is -0.885. The first-order valence-electron chi connectivity index (χ1n) is 8.05. The summed E-state index contributed by atoms with van der Waals surface area (Å²) in [5.74, 6) is 0.692. The number of ether oxygens (including phenoxy) is 1. The Labute approximate surface area is 146 Å². The highest BCUT2D eigenvalue weighted by Crippen LogP contribution is 2.15. The summed E-state index contributed by atoms with van der Waals surface area (Å²) in [6.07, 6.45) is 0. The van der Waals surface area contributed by atoms with Crippen molar-refractivity contribution in [3.8, 4) is 5.75 Å². The molecule has 2 rings (SSSR count). The number of carbonyl (C=O) groups is 1. The van der Waals surface area contributed by atoms with Crippen LogP contribution in [0, 0.1) is 10.1 Å². The van der Waals surface area contributed by atoms with Crippen LogP contribution in [0.15, 0.2) is 48.5 Å². The van der Waals surface area contributed by atoms with E-state index >= 15 is 0 Å². The molecule has 1 unspecified atom stereocenters. The normalized spacial score (nSPS) is 11.6. The Morgan fingerprint density at radius 3 is 2.36 bits per heavy atom. The summed E-state index contributed by atoms with van der Waals surface area (Å²) in [6.45, 7) is 3.58. The lowest BCUT2D eigenvalue weighted by Gasteiger charge is -2.14. The Hall–Kier alpha value is -2.93. The fourth-order valence-corrected chi connectivity index (χ4v) is 2.43. The molecule has 7 nitrogen and oxygen atoms in total. The zero-order valence-electron chi connectivity index (χ0n) is 14.3. The number of nitro benzene ring substituents is 1. The van der Waals surface area contributed by atoms with Gasteiger partial charge in [-0.15, -0.1) is 0 Å². The van der Waals surface area contributed by atoms with Crippen molar-refractivity contribution in [3.05, 3.63) is 64.2 Å². The Morgan fingerprint density at radius 2 is 1.80 bits per heavy atom. The van der Waals surface area contributed by atoms with Crippen LogP contribution in [0.5, 0.6) is 5.75 Å². The van der Waals surface area contributed by atoms with E-state index in [1.165, 1.54) is 24.3 Å². The van der Waals surface area contributed by atoms with Crippen LogP contribution >= 0.6 is 0 Å². The molecule has 1 atom stereocenters. The van der Waals surface area contributed by atoms with Gasteiger partial charge >= 0.3 is 0 Å². The average Bonchev–Trinajstić information content (AvgIpc) is 2.57. The smallest absolute Gasteiger partial charge is 0.279 e. The molecule has 0 aliphatic heterocycles. The highest BCUT2D eigenvalue weighted by atomic mass is 16.6. The van der Waals surface area contributed by atoms with E-state index in [9.17, 15) is 14.9 Å². The van der Waals surface area contributed by atoms with Gasteiger partial charge in [0.2, 0.25) is 0 Å². The largest absolute Gasteiger partial charge is 0.494 e. The van der Waals surface area contributed by atoms with Gasteiger partial charge in [-0.2, -0.15) is 0 Å². The van der Waals surface area contributed by atoms with Gasteiger partial charge in [-0.25, -0.2) is 0 Å². The third kappa shape index (κ3) is 5.89. The minimum atomic E-state index is -0.472. The fourth-order valence-electron chi connectivity index (χ4n) is 2.43. The van der Waals surface area contributed by atoms with Crippen LogP contribution in [0.25, 0.3) is 0 Å². The number of anilines is 1. The number of rotatable bonds is 8. The second kappa shape index (κ2) is 8.79. The Kier molecular flexibility index (Phi) is 6.47. The van der Waals surface area contributed by atoms with Gasteiger partial charge < -0.3 is 15.0 Å². The molecule has 0 bridgehead atoms. The summed E-state index contributed by atoms with van der Waals surface area (Å²) in [5.41, 5.74) is 1.66. The van der Waals surface area contributed by atoms with Crippen LogP contribution in [0.2, 0.25) is 0 Å². The summed E-state index contributed by atoms with van der Waals surface area (Å²) in [7, 11) is 1.94. The van der Waals surface area contributed by atoms with Gasteiger partial charge in [0.05, 0.1) is 18.6 Å². The molecule has 0 aliphatic carbocycles. The molecule has 25 heavy (non-hydrogen) atoms. The van der Waals surface area contributed by atoms with Crippen molar-refractivity contribution in [2.24, 2.45) is 0 Å². The van der Waals surface area contributed by atoms with Crippen molar-refractivity contribution >= 4 is 17.3 Å². The molecule has 132 valence electrons. The maximum atomic E-state index is 12.1. The summed E-state index contributed by atoms with van der Waals surface area (Å²) >= 11 is 0. The van der Waals surface area contributed by atoms with Gasteiger partial charge in [-0.1, -0.05) is 0 Å². The maximum Gasteiger partial charge on any atom is 0.279 e. The monoisotopic (exact) mass is 344 g/mol. The van der Waals surface area contributed by atoms with Gasteiger partial charge in [0.1, 0.15) is 12.3 Å². The first-order valence-corrected chi connectivity index (χ1v) is 8.05. The molecular formula is C18H22N3O4+. The van der Waals surface area contributed by atoms with E-state index in [1.54, 1.807) is 0 Å². The predicted molar refractivity (Wildman–Crippen MR) is 94.8 cm³/mol. The molecule has 2 aromatic rings. The van der Waals surface area contributed by atoms with Gasteiger partial charge in [0, 0.05) is 23.4 Å². The van der Waals surface area contributed by atoms with Crippen LogP contribution in [-0.4, -0.2) is 31.0 Å². The van der Waals surface area contributed by atoms with E-state index < -0.39 is 4.92 Å². The predicted octanol–water partition coefficient (Wildman–Crippen LogP) is 1.65. The number of carbonyl (C=O) groups excluding carboxylic acids is 1. The molecule has 0 saturated heterocycles. The highest BCUT2D eigenvalue weighted by Gasteiger charge is 2.12. The topological polar surface area (TPSA) is 85.9 Å². The molecule has 0 heterocycles. The number of benzene rings is 2. The maximum absolute atomic E-state index is 12.1. The lowest BCUT2D eigenvalue weighted by atomic mass is 10.2. The molecular weight excluding hydrogens is 322 g/mol. The molecule has 2 aromatic carbocycles. The quantitative estimate of drug-likeness (QED) is 0.563. The Bertz CT molecular complexity index is 714. The Balaban J connectivity index is 1.83. The van der Waals surface area contributed by atoms with Crippen molar-refractivity contribution in [3.63, 3.8) is 0 Å². The molecule has 0 spiro atoms. The molecule has 2 N–H and O–H groups in total. The SMILES string of the molecule is CCOc1ccc(C[NH+](C)CC(=O)Nc2ccc([N+](=O)[O-])cc2)cc1. The molecule has 0 aromatic heterocycles. The van der Waals surface area contributed by atoms with Crippen LogP contribution in [0.3, 0.4) is 0 Å². The van der Waals surface area contributed by atoms with Crippen molar-refractivity contribution in [1.29, 1.82) is 0 Å². The minimum Gasteiger partial charge on any atom is -0.494 e. The number of amides is 1. The Morgan fingerprint density at radius 1 is 1.16 bits per heavy atom. The number of nitrogens with one attached hydrogen (secondary N) is 2. The first-order chi connectivity index (χ1) is 12.0. The zero-order valence-corrected chi connectivity index (χ0v) is 14.3. The molecule has 0 fully saturated rings. The molecule has 0 aliphatic rings. The molecule has 0 radical (unpaired) electrons. The van der Waals surface area contributed by atoms with Crippen LogP contribution in [0.1, 0.15) is 12.5 Å². The third-order valence-electron chi connectivity index (χ3n) is 3.56. The summed E-state index contributed by atoms with van der Waals surface area (Å²) in [5, 5.41) is 13.4. The number of non-ortho nitro benzene ring substituents is 1. The molecule has 0 saturated carbocycles. The molecule has 7 heteroatoms. The number of nitrogens with zero attached hydrogens (tertiary/aromatic N) is 1. The van der Waals surface area contributed by atoms with Crippen LogP contribution in [-0.2, 0) is 11.3 Å². The number of hydrogen-bond donors (Lipinski definition) is 2. The fraction of sp³-hybridized carbons (Fsp3) is 0.278. The standard InChI is InChI=1S/C18H21N3O4/c1-3-25-17-10-4-14(5-11-17)12-20(2)13-18(22)19-15-6-8-16(9-7-15)21(23)24/h4-11H,3,12-13H2,1-2H3,(H,19,22)/p+1. The van der Waals surface area contributed by atoms with Gasteiger partial charge in [0.15, 0.2) is 6.54 Å². The summed E-state index contributed by atoms with van der Waals surface area (Å²) in [4.78, 5) is 23.3. The zero-order chi connectivity index (χ0) is 18.2. The van der Waals surface area contributed by atoms with E-state index in [-0.39, 0.29) is 11.6 Å². The average molecular weight is 344 g/mol. The van der Waals surface area contributed by atoms with E-state index in [4.69, 9.17) is 4.74 Å². The van der Waals surface area contributed by atoms with Crippen molar-refractivity contribution < 1.29 is 19.4 Å². The number of hydrogen-bond acceptors (Lipinski definition) is 4.